The van der Waals surface area contributed by atoms with Crippen LogP contribution in [0.1, 0.15) is 0 Å². The van der Waals surface area contributed by atoms with E-state index in [9.17, 15) is 9.59 Å². The third-order valence-electron chi connectivity index (χ3n) is 3.16. The Balaban J connectivity index is 1.96. The van der Waals surface area contributed by atoms with Crippen LogP contribution in [0.25, 0.3) is 0 Å². The number of fused-ring (bicyclic) bond motifs is 1. The van der Waals surface area contributed by atoms with Crippen molar-refractivity contribution in [3.05, 3.63) is 0 Å². The number of nitrogens with zero attached hydrogens (tertiary/aromatic N) is 3. The van der Waals surface area contributed by atoms with Crippen LogP contribution >= 0.6 is 0 Å². The van der Waals surface area contributed by atoms with Crippen LogP contribution in [-0.4, -0.2) is 79.6 Å². The summed E-state index contributed by atoms with van der Waals surface area (Å²) in [6.07, 6.45) is 0. The van der Waals surface area contributed by atoms with Crippen molar-refractivity contribution in [3.8, 4) is 0 Å². The number of carbonyl (C=O) groups is 2. The highest BCUT2D eigenvalue weighted by atomic mass is 16.5. The Hall–Kier alpha value is -1.30. The van der Waals surface area contributed by atoms with Crippen LogP contribution in [0.15, 0.2) is 0 Å². The van der Waals surface area contributed by atoms with E-state index in [-0.39, 0.29) is 24.6 Å². The zero-order valence-corrected chi connectivity index (χ0v) is 9.68. The summed E-state index contributed by atoms with van der Waals surface area (Å²) < 4.78 is 4.83. The van der Waals surface area contributed by atoms with Crippen LogP contribution in [0.2, 0.25) is 0 Å². The van der Waals surface area contributed by atoms with E-state index < -0.39 is 0 Å². The Kier molecular flexibility index (Phi) is 3.00. The van der Waals surface area contributed by atoms with Gasteiger partial charge in [-0.2, -0.15) is 0 Å². The molecule has 0 saturated carbocycles. The van der Waals surface area contributed by atoms with Gasteiger partial charge in [-0.25, -0.2) is 4.79 Å². The third kappa shape index (κ3) is 1.84. The molecule has 0 aliphatic carbocycles. The van der Waals surface area contributed by atoms with Crippen LogP contribution < -0.4 is 0 Å². The lowest BCUT2D eigenvalue weighted by molar-refractivity contribution is -0.137. The SMILES string of the molecule is COCC(=O)N1CCN2C(=O)N(C)CC2C1. The minimum absolute atomic E-state index is 0.00384. The first-order valence-corrected chi connectivity index (χ1v) is 5.42. The molecule has 2 rings (SSSR count). The van der Waals surface area contributed by atoms with Crippen molar-refractivity contribution in [2.24, 2.45) is 0 Å². The van der Waals surface area contributed by atoms with Crippen molar-refractivity contribution in [3.63, 3.8) is 0 Å². The number of methoxy groups -OCH3 is 1. The second-order valence-corrected chi connectivity index (χ2v) is 4.28. The Labute approximate surface area is 94.7 Å². The van der Waals surface area contributed by atoms with E-state index in [1.165, 1.54) is 7.11 Å². The van der Waals surface area contributed by atoms with Crippen LogP contribution in [0.4, 0.5) is 4.79 Å². The summed E-state index contributed by atoms with van der Waals surface area (Å²) in [4.78, 5) is 28.6. The van der Waals surface area contributed by atoms with Crippen molar-refractivity contribution in [1.29, 1.82) is 0 Å². The van der Waals surface area contributed by atoms with Crippen molar-refractivity contribution < 1.29 is 14.3 Å². The second kappa shape index (κ2) is 4.29. The molecule has 0 bridgehead atoms. The molecule has 0 aromatic carbocycles. The van der Waals surface area contributed by atoms with Gasteiger partial charge in [-0.05, 0) is 0 Å². The van der Waals surface area contributed by atoms with Gasteiger partial charge >= 0.3 is 6.03 Å². The standard InChI is InChI=1S/C10H17N3O3/c1-11-5-8-6-12(9(14)7-16-2)3-4-13(8)10(11)15/h8H,3-7H2,1-2H3. The molecule has 6 nitrogen and oxygen atoms in total. The van der Waals surface area contributed by atoms with Gasteiger partial charge in [0.1, 0.15) is 6.61 Å². The predicted molar refractivity (Wildman–Crippen MR) is 57.0 cm³/mol. The van der Waals surface area contributed by atoms with Crippen LogP contribution in [0.3, 0.4) is 0 Å². The second-order valence-electron chi connectivity index (χ2n) is 4.28. The first-order chi connectivity index (χ1) is 7.63. The Bertz CT molecular complexity index is 308. The molecule has 2 fully saturated rings. The van der Waals surface area contributed by atoms with Gasteiger partial charge in [0.2, 0.25) is 5.91 Å². The Morgan fingerprint density at radius 2 is 2.19 bits per heavy atom. The van der Waals surface area contributed by atoms with E-state index in [0.717, 1.165) is 0 Å². The monoisotopic (exact) mass is 227 g/mol. The smallest absolute Gasteiger partial charge is 0.320 e. The number of hydrogen-bond acceptors (Lipinski definition) is 3. The minimum Gasteiger partial charge on any atom is -0.375 e. The molecule has 0 N–H and O–H groups in total. The highest BCUT2D eigenvalue weighted by molar-refractivity contribution is 5.80. The maximum atomic E-state index is 11.7. The number of likely N-dealkylation sites (N-methyl/N-ethyl adjacent to an activating group) is 1. The van der Waals surface area contributed by atoms with Crippen molar-refractivity contribution in [2.75, 3.05) is 46.9 Å². The molecule has 16 heavy (non-hydrogen) atoms. The fourth-order valence-electron chi connectivity index (χ4n) is 2.32. The average Bonchev–Trinajstić information content (AvgIpc) is 2.55. The highest BCUT2D eigenvalue weighted by Gasteiger charge is 2.39. The molecule has 0 radical (unpaired) electrons. The molecule has 1 atom stereocenters. The molecule has 1 unspecified atom stereocenters. The number of amides is 3. The zero-order chi connectivity index (χ0) is 11.7. The number of rotatable bonds is 2. The maximum absolute atomic E-state index is 11.7. The molecular weight excluding hydrogens is 210 g/mol. The first-order valence-electron chi connectivity index (χ1n) is 5.42. The largest absolute Gasteiger partial charge is 0.375 e. The van der Waals surface area contributed by atoms with Crippen molar-refractivity contribution in [1.82, 2.24) is 14.7 Å². The number of piperazine rings is 1. The van der Waals surface area contributed by atoms with Crippen LogP contribution in [0.5, 0.6) is 0 Å². The van der Waals surface area contributed by atoms with Crippen LogP contribution in [0, 0.1) is 0 Å². The summed E-state index contributed by atoms with van der Waals surface area (Å²) in [6.45, 7) is 2.69. The molecular formula is C10H17N3O3. The van der Waals surface area contributed by atoms with Gasteiger partial charge in [0.25, 0.3) is 0 Å². The first kappa shape index (κ1) is 11.2. The molecule has 2 aliphatic heterocycles. The van der Waals surface area contributed by atoms with E-state index >= 15 is 0 Å². The number of urea groups is 1. The maximum Gasteiger partial charge on any atom is 0.320 e. The summed E-state index contributed by atoms with van der Waals surface area (Å²) >= 11 is 0. The van der Waals surface area contributed by atoms with E-state index in [2.05, 4.69) is 0 Å². The van der Waals surface area contributed by atoms with Gasteiger partial charge in [0.05, 0.1) is 6.04 Å². The van der Waals surface area contributed by atoms with Crippen LogP contribution in [-0.2, 0) is 9.53 Å². The van der Waals surface area contributed by atoms with E-state index in [1.54, 1.807) is 16.8 Å². The van der Waals surface area contributed by atoms with Crippen molar-refractivity contribution in [2.45, 2.75) is 6.04 Å². The molecule has 2 heterocycles. The fraction of sp³-hybridized carbons (Fsp3) is 0.800. The van der Waals surface area contributed by atoms with Gasteiger partial charge in [0.15, 0.2) is 0 Å². The number of hydrogen-bond donors (Lipinski definition) is 0. The molecule has 6 heteroatoms. The van der Waals surface area contributed by atoms with E-state index in [4.69, 9.17) is 4.74 Å². The van der Waals surface area contributed by atoms with Gasteiger partial charge in [-0.15, -0.1) is 0 Å². The molecule has 0 aromatic heterocycles. The summed E-state index contributed by atoms with van der Waals surface area (Å²) in [5.41, 5.74) is 0. The predicted octanol–water partition coefficient (Wildman–Crippen LogP) is -0.789. The lowest BCUT2D eigenvalue weighted by Crippen LogP contribution is -2.54. The van der Waals surface area contributed by atoms with E-state index in [0.29, 0.717) is 26.2 Å². The highest BCUT2D eigenvalue weighted by Crippen LogP contribution is 2.19. The lowest BCUT2D eigenvalue weighted by atomic mass is 10.2. The fourth-order valence-corrected chi connectivity index (χ4v) is 2.32. The molecule has 0 aromatic rings. The van der Waals surface area contributed by atoms with Crippen molar-refractivity contribution >= 4 is 11.9 Å². The summed E-state index contributed by atoms with van der Waals surface area (Å²) in [7, 11) is 3.31. The van der Waals surface area contributed by atoms with Gasteiger partial charge < -0.3 is 19.4 Å². The summed E-state index contributed by atoms with van der Waals surface area (Å²) in [5.74, 6) is 0.00384. The summed E-state index contributed by atoms with van der Waals surface area (Å²) in [6, 6.07) is 0.218. The van der Waals surface area contributed by atoms with E-state index in [1.807, 2.05) is 4.90 Å². The topological polar surface area (TPSA) is 53.1 Å². The minimum atomic E-state index is 0.00384. The zero-order valence-electron chi connectivity index (χ0n) is 9.68. The average molecular weight is 227 g/mol. The molecule has 0 spiro atoms. The Morgan fingerprint density at radius 1 is 1.44 bits per heavy atom. The third-order valence-corrected chi connectivity index (χ3v) is 3.16. The lowest BCUT2D eigenvalue weighted by Gasteiger charge is -2.36. The number of carbonyl (C=O) groups excluding carboxylic acids is 2. The normalized spacial score (nSPS) is 25.0. The Morgan fingerprint density at radius 3 is 2.88 bits per heavy atom. The quantitative estimate of drug-likeness (QED) is 0.621. The van der Waals surface area contributed by atoms with Gasteiger partial charge in [0, 0.05) is 40.3 Å². The van der Waals surface area contributed by atoms with Gasteiger partial charge in [-0.3, -0.25) is 4.79 Å². The van der Waals surface area contributed by atoms with Gasteiger partial charge in [-0.1, -0.05) is 0 Å². The molecule has 2 aliphatic rings. The molecule has 2 saturated heterocycles. The molecule has 3 amide bonds. The number of ether oxygens (including phenoxy) is 1. The summed E-state index contributed by atoms with van der Waals surface area (Å²) in [5, 5.41) is 0. The molecule has 90 valence electrons.